The Morgan fingerprint density at radius 2 is 1.26 bits per heavy atom. The van der Waals surface area contributed by atoms with Crippen LogP contribution in [0.25, 0.3) is 0 Å². The van der Waals surface area contributed by atoms with E-state index in [9.17, 15) is 9.90 Å². The van der Waals surface area contributed by atoms with Crippen molar-refractivity contribution in [1.29, 1.82) is 0 Å². The maximum atomic E-state index is 11.4. The maximum absolute atomic E-state index is 11.4. The second kappa shape index (κ2) is 11.3. The highest BCUT2D eigenvalue weighted by molar-refractivity contribution is 5.57. The molecule has 0 spiro atoms. The highest BCUT2D eigenvalue weighted by Crippen LogP contribution is 2.38. The second-order valence-corrected chi connectivity index (χ2v) is 9.07. The molecule has 0 bridgehead atoms. The molecule has 2 aliphatic rings. The summed E-state index contributed by atoms with van der Waals surface area (Å²) in [6, 6.07) is 0. The molecule has 158 valence electrons. The first kappa shape index (κ1) is 22.5. The third-order valence-corrected chi connectivity index (χ3v) is 6.39. The number of hydrogen-bond donors (Lipinski definition) is 1. The summed E-state index contributed by atoms with van der Waals surface area (Å²) >= 11 is 0. The van der Waals surface area contributed by atoms with Crippen LogP contribution in [-0.4, -0.2) is 22.7 Å². The number of ether oxygens (including phenoxy) is 1. The van der Waals surface area contributed by atoms with E-state index in [0.717, 1.165) is 38.5 Å². The molecule has 2 aliphatic carbocycles. The molecule has 1 N–H and O–H groups in total. The van der Waals surface area contributed by atoms with Crippen molar-refractivity contribution in [2.75, 3.05) is 0 Å². The highest BCUT2D eigenvalue weighted by atomic mass is 17.2. The van der Waals surface area contributed by atoms with Crippen molar-refractivity contribution in [2.45, 2.75) is 128 Å². The van der Waals surface area contributed by atoms with Crippen LogP contribution in [0.3, 0.4) is 0 Å². The minimum atomic E-state index is -1.28. The standard InChI is InChI=1S/C22H40O5/c1-21(2,19-15-11-10-12-16-19)26-27-22(25-20(23)24)17-13-8-6-4-3-5-7-9-14-18-22/h19H,3-18H2,1-2H3,(H,23,24). The van der Waals surface area contributed by atoms with Crippen molar-refractivity contribution >= 4 is 6.16 Å². The van der Waals surface area contributed by atoms with Gasteiger partial charge in [-0.15, -0.1) is 0 Å². The van der Waals surface area contributed by atoms with E-state index >= 15 is 0 Å². The molecule has 2 saturated carbocycles. The van der Waals surface area contributed by atoms with Gasteiger partial charge in [0.05, 0.1) is 0 Å². The summed E-state index contributed by atoms with van der Waals surface area (Å²) < 4.78 is 5.33. The number of hydrogen-bond acceptors (Lipinski definition) is 4. The lowest BCUT2D eigenvalue weighted by Gasteiger charge is -2.39. The molecule has 5 heteroatoms. The van der Waals surface area contributed by atoms with E-state index in [2.05, 4.69) is 13.8 Å². The van der Waals surface area contributed by atoms with Crippen molar-refractivity contribution < 1.29 is 24.4 Å². The molecule has 5 nitrogen and oxygen atoms in total. The molecule has 0 aliphatic heterocycles. The summed E-state index contributed by atoms with van der Waals surface area (Å²) in [7, 11) is 0. The third kappa shape index (κ3) is 7.98. The molecule has 27 heavy (non-hydrogen) atoms. The molecular weight excluding hydrogens is 344 g/mol. The molecule has 0 aromatic heterocycles. The van der Waals surface area contributed by atoms with Crippen LogP contribution in [0, 0.1) is 5.92 Å². The van der Waals surface area contributed by atoms with E-state index in [1.54, 1.807) is 0 Å². The van der Waals surface area contributed by atoms with Crippen LogP contribution in [0.4, 0.5) is 4.79 Å². The minimum absolute atomic E-state index is 0.432. The van der Waals surface area contributed by atoms with Gasteiger partial charge in [0, 0.05) is 12.8 Å². The number of carbonyl (C=O) groups is 1. The minimum Gasteiger partial charge on any atom is -0.450 e. The maximum Gasteiger partial charge on any atom is 0.508 e. The predicted octanol–water partition coefficient (Wildman–Crippen LogP) is 6.99. The zero-order valence-corrected chi connectivity index (χ0v) is 17.5. The Bertz CT molecular complexity index is 416. The van der Waals surface area contributed by atoms with Crippen molar-refractivity contribution in [3.8, 4) is 0 Å². The molecule has 0 unspecified atom stereocenters. The van der Waals surface area contributed by atoms with Crippen molar-refractivity contribution in [3.05, 3.63) is 0 Å². The van der Waals surface area contributed by atoms with Crippen molar-refractivity contribution in [3.63, 3.8) is 0 Å². The van der Waals surface area contributed by atoms with Gasteiger partial charge in [0.2, 0.25) is 5.79 Å². The van der Waals surface area contributed by atoms with Crippen molar-refractivity contribution in [1.82, 2.24) is 0 Å². The number of carboxylic acid groups (broad SMARTS) is 1. The topological polar surface area (TPSA) is 65.0 Å². The van der Waals surface area contributed by atoms with Gasteiger partial charge in [-0.2, -0.15) is 4.89 Å². The molecule has 0 aromatic carbocycles. The van der Waals surface area contributed by atoms with Gasteiger partial charge in [0.25, 0.3) is 0 Å². The van der Waals surface area contributed by atoms with Gasteiger partial charge in [0.1, 0.15) is 5.60 Å². The largest absolute Gasteiger partial charge is 0.508 e. The second-order valence-electron chi connectivity index (χ2n) is 9.07. The van der Waals surface area contributed by atoms with Gasteiger partial charge in [-0.25, -0.2) is 9.68 Å². The Labute approximate surface area is 165 Å². The van der Waals surface area contributed by atoms with Gasteiger partial charge < -0.3 is 9.84 Å². The Morgan fingerprint density at radius 3 is 1.74 bits per heavy atom. The summed E-state index contributed by atoms with van der Waals surface area (Å²) in [4.78, 5) is 23.3. The molecule has 0 atom stereocenters. The third-order valence-electron chi connectivity index (χ3n) is 6.39. The average Bonchev–Trinajstić information content (AvgIpc) is 2.63. The van der Waals surface area contributed by atoms with E-state index in [0.29, 0.717) is 18.8 Å². The SMILES string of the molecule is CC(C)(OOC1(OC(=O)O)CCCCCCCCCCC1)C1CCCCC1. The Balaban J connectivity index is 2.02. The zero-order chi connectivity index (χ0) is 19.6. The van der Waals surface area contributed by atoms with Crippen LogP contribution in [0.2, 0.25) is 0 Å². The van der Waals surface area contributed by atoms with E-state index in [4.69, 9.17) is 14.5 Å². The van der Waals surface area contributed by atoms with E-state index in [-0.39, 0.29) is 0 Å². The van der Waals surface area contributed by atoms with Crippen LogP contribution < -0.4 is 0 Å². The summed E-state index contributed by atoms with van der Waals surface area (Å²) in [6.45, 7) is 4.12. The highest BCUT2D eigenvalue weighted by Gasteiger charge is 2.41. The fraction of sp³-hybridized carbons (Fsp3) is 0.955. The molecule has 0 amide bonds. The van der Waals surface area contributed by atoms with Crippen LogP contribution in [0.5, 0.6) is 0 Å². The Hall–Kier alpha value is -0.810. The molecule has 2 fully saturated rings. The summed E-state index contributed by atoms with van der Waals surface area (Å²) in [5.74, 6) is -0.726. The van der Waals surface area contributed by atoms with Gasteiger partial charge in [-0.1, -0.05) is 64.2 Å². The lowest BCUT2D eigenvalue weighted by atomic mass is 9.79. The monoisotopic (exact) mass is 384 g/mol. The normalized spacial score (nSPS) is 23.8. The molecule has 0 radical (unpaired) electrons. The molecule has 0 aromatic rings. The van der Waals surface area contributed by atoms with Gasteiger partial charge in [0.15, 0.2) is 0 Å². The fourth-order valence-electron chi connectivity index (χ4n) is 4.56. The first-order valence-electron chi connectivity index (χ1n) is 11.2. The van der Waals surface area contributed by atoms with E-state index in [1.807, 2.05) is 0 Å². The Kier molecular flexibility index (Phi) is 9.37. The quantitative estimate of drug-likeness (QED) is 0.239. The lowest BCUT2D eigenvalue weighted by molar-refractivity contribution is -0.463. The predicted molar refractivity (Wildman–Crippen MR) is 105 cm³/mol. The zero-order valence-electron chi connectivity index (χ0n) is 17.5. The summed E-state index contributed by atoms with van der Waals surface area (Å²) in [6.07, 6.45) is 16.1. The van der Waals surface area contributed by atoms with Crippen LogP contribution >= 0.6 is 0 Å². The Morgan fingerprint density at radius 1 is 0.815 bits per heavy atom. The van der Waals surface area contributed by atoms with Crippen LogP contribution in [0.15, 0.2) is 0 Å². The van der Waals surface area contributed by atoms with Gasteiger partial charge in [-0.05, 0) is 45.4 Å². The number of rotatable bonds is 5. The van der Waals surface area contributed by atoms with E-state index < -0.39 is 17.5 Å². The van der Waals surface area contributed by atoms with E-state index in [1.165, 1.54) is 51.4 Å². The van der Waals surface area contributed by atoms with Gasteiger partial charge >= 0.3 is 6.16 Å². The average molecular weight is 385 g/mol. The van der Waals surface area contributed by atoms with Crippen molar-refractivity contribution in [2.24, 2.45) is 5.92 Å². The molecule has 2 rings (SSSR count). The van der Waals surface area contributed by atoms with Crippen LogP contribution in [0.1, 0.15) is 117 Å². The smallest absolute Gasteiger partial charge is 0.450 e. The molecule has 0 saturated heterocycles. The lowest BCUT2D eigenvalue weighted by Crippen LogP contribution is -2.44. The first-order chi connectivity index (χ1) is 12.9. The van der Waals surface area contributed by atoms with Crippen LogP contribution in [-0.2, 0) is 14.5 Å². The summed E-state index contributed by atoms with van der Waals surface area (Å²) in [5, 5.41) is 9.34. The first-order valence-corrected chi connectivity index (χ1v) is 11.2. The molecule has 0 heterocycles. The van der Waals surface area contributed by atoms with Gasteiger partial charge in [-0.3, -0.25) is 0 Å². The molecular formula is C22H40O5. The summed E-state index contributed by atoms with van der Waals surface area (Å²) in [5.41, 5.74) is -0.432. The fourth-order valence-corrected chi connectivity index (χ4v) is 4.56.